The minimum absolute atomic E-state index is 0.148. The van der Waals surface area contributed by atoms with Crippen molar-refractivity contribution in [2.24, 2.45) is 0 Å². The van der Waals surface area contributed by atoms with E-state index in [-0.39, 0.29) is 19.0 Å². The number of nitrogens with zero attached hydrogens (tertiary/aromatic N) is 2. The predicted octanol–water partition coefficient (Wildman–Crippen LogP) is -0.488. The molecule has 0 spiro atoms. The van der Waals surface area contributed by atoms with Crippen molar-refractivity contribution in [2.75, 3.05) is 37.8 Å². The van der Waals surface area contributed by atoms with Gasteiger partial charge in [0.25, 0.3) is 5.91 Å². The molecule has 0 saturated carbocycles. The number of carbonyl (C=O) groups excluding carboxylic acids is 1. The summed E-state index contributed by atoms with van der Waals surface area (Å²) < 4.78 is 0. The second-order valence-corrected chi connectivity index (χ2v) is 5.01. The smallest absolute Gasteiger partial charge is 0.254 e. The molecule has 0 aromatic heterocycles. The van der Waals surface area contributed by atoms with Crippen molar-refractivity contribution in [3.8, 4) is 0 Å². The molecule has 1 aliphatic rings. The Hall–Kier alpha value is -1.79. The number of anilines is 2. The molecular formula is C13H19N3O3. The van der Waals surface area contributed by atoms with Crippen molar-refractivity contribution in [1.29, 1.82) is 0 Å². The maximum Gasteiger partial charge on any atom is 0.254 e. The van der Waals surface area contributed by atoms with Gasteiger partial charge in [0.05, 0.1) is 23.6 Å². The van der Waals surface area contributed by atoms with Crippen LogP contribution in [0.3, 0.4) is 0 Å². The van der Waals surface area contributed by atoms with Crippen LogP contribution in [0.25, 0.3) is 0 Å². The van der Waals surface area contributed by atoms with Crippen LogP contribution in [0.1, 0.15) is 10.4 Å². The third kappa shape index (κ3) is 2.64. The summed E-state index contributed by atoms with van der Waals surface area (Å²) in [6, 6.07) is 5.10. The molecule has 2 unspecified atom stereocenters. The zero-order valence-electron chi connectivity index (χ0n) is 11.1. The average molecular weight is 265 g/mol. The molecule has 1 aromatic carbocycles. The Morgan fingerprint density at radius 3 is 2.37 bits per heavy atom. The molecule has 0 aliphatic carbocycles. The number of carbonyl (C=O) groups is 1. The van der Waals surface area contributed by atoms with E-state index in [1.54, 1.807) is 18.2 Å². The molecule has 0 radical (unpaired) electrons. The van der Waals surface area contributed by atoms with Gasteiger partial charge in [0, 0.05) is 32.7 Å². The first-order valence-corrected chi connectivity index (χ1v) is 6.12. The second kappa shape index (κ2) is 5.07. The third-order valence-corrected chi connectivity index (χ3v) is 3.30. The zero-order chi connectivity index (χ0) is 14.2. The van der Waals surface area contributed by atoms with Crippen LogP contribution in [0.2, 0.25) is 0 Å². The number of hydrogen-bond donors (Lipinski definition) is 3. The zero-order valence-corrected chi connectivity index (χ0v) is 11.1. The minimum Gasteiger partial charge on any atom is -0.397 e. The molecule has 2 atom stereocenters. The van der Waals surface area contributed by atoms with E-state index < -0.39 is 12.2 Å². The topological polar surface area (TPSA) is 90.0 Å². The number of aliphatic hydroxyl groups is 2. The van der Waals surface area contributed by atoms with E-state index in [1.165, 1.54) is 4.90 Å². The van der Waals surface area contributed by atoms with Crippen molar-refractivity contribution in [3.63, 3.8) is 0 Å². The Bertz CT molecular complexity index is 480. The molecule has 6 nitrogen and oxygen atoms in total. The number of rotatable bonds is 2. The highest BCUT2D eigenvalue weighted by Gasteiger charge is 2.33. The SMILES string of the molecule is CN(C)c1ccc(C(=O)N2CC(O)C(O)C2)cc1N. The van der Waals surface area contributed by atoms with Crippen LogP contribution in [0.4, 0.5) is 11.4 Å². The second-order valence-electron chi connectivity index (χ2n) is 5.01. The molecule has 0 bridgehead atoms. The first-order valence-electron chi connectivity index (χ1n) is 6.12. The lowest BCUT2D eigenvalue weighted by Crippen LogP contribution is -2.30. The molecule has 2 rings (SSSR count). The van der Waals surface area contributed by atoms with E-state index in [0.29, 0.717) is 11.3 Å². The van der Waals surface area contributed by atoms with Gasteiger partial charge in [-0.15, -0.1) is 0 Å². The molecule has 1 aliphatic heterocycles. The average Bonchev–Trinajstić information content (AvgIpc) is 2.68. The third-order valence-electron chi connectivity index (χ3n) is 3.30. The fourth-order valence-corrected chi connectivity index (χ4v) is 2.21. The highest BCUT2D eigenvalue weighted by molar-refractivity contribution is 5.96. The van der Waals surface area contributed by atoms with Gasteiger partial charge >= 0.3 is 0 Å². The van der Waals surface area contributed by atoms with Crippen molar-refractivity contribution >= 4 is 17.3 Å². The number of nitrogen functional groups attached to an aromatic ring is 1. The van der Waals surface area contributed by atoms with Crippen LogP contribution in [0.15, 0.2) is 18.2 Å². The number of likely N-dealkylation sites (tertiary alicyclic amines) is 1. The minimum atomic E-state index is -0.873. The molecule has 1 heterocycles. The number of β-amino-alcohol motifs (C(OH)–C–C–N with tert-alkyl or cyclic N) is 2. The first-order chi connectivity index (χ1) is 8.90. The lowest BCUT2D eigenvalue weighted by atomic mass is 10.1. The Kier molecular flexibility index (Phi) is 3.64. The summed E-state index contributed by atoms with van der Waals surface area (Å²) in [6.45, 7) is 0.296. The Morgan fingerprint density at radius 1 is 1.32 bits per heavy atom. The quantitative estimate of drug-likeness (QED) is 0.628. The standard InChI is InChI=1S/C13H19N3O3/c1-15(2)10-4-3-8(5-9(10)14)13(19)16-6-11(17)12(18)7-16/h3-5,11-12,17-18H,6-7,14H2,1-2H3. The van der Waals surface area contributed by atoms with E-state index in [2.05, 4.69) is 0 Å². The van der Waals surface area contributed by atoms with Gasteiger partial charge in [0.1, 0.15) is 0 Å². The van der Waals surface area contributed by atoms with Gasteiger partial charge in [-0.1, -0.05) is 0 Å². The first kappa shape index (κ1) is 13.6. The number of amides is 1. The summed E-state index contributed by atoms with van der Waals surface area (Å²) in [6.07, 6.45) is -1.75. The molecule has 1 fully saturated rings. The summed E-state index contributed by atoms with van der Waals surface area (Å²) in [5.74, 6) is -0.229. The van der Waals surface area contributed by atoms with Crippen molar-refractivity contribution in [1.82, 2.24) is 4.90 Å². The van der Waals surface area contributed by atoms with Crippen LogP contribution in [0, 0.1) is 0 Å². The normalized spacial score (nSPS) is 22.6. The molecular weight excluding hydrogens is 246 g/mol. The fourth-order valence-electron chi connectivity index (χ4n) is 2.21. The van der Waals surface area contributed by atoms with Crippen LogP contribution in [0.5, 0.6) is 0 Å². The number of nitrogens with two attached hydrogens (primary N) is 1. The molecule has 6 heteroatoms. The number of benzene rings is 1. The molecule has 1 amide bonds. The van der Waals surface area contributed by atoms with E-state index in [4.69, 9.17) is 5.73 Å². The fraction of sp³-hybridized carbons (Fsp3) is 0.462. The van der Waals surface area contributed by atoms with Gasteiger partial charge in [-0.25, -0.2) is 0 Å². The van der Waals surface area contributed by atoms with Crippen LogP contribution in [-0.2, 0) is 0 Å². The molecule has 1 aromatic rings. The highest BCUT2D eigenvalue weighted by atomic mass is 16.3. The maximum atomic E-state index is 12.2. The van der Waals surface area contributed by atoms with Crippen molar-refractivity contribution < 1.29 is 15.0 Å². The predicted molar refractivity (Wildman–Crippen MR) is 73.1 cm³/mol. The largest absolute Gasteiger partial charge is 0.397 e. The summed E-state index contributed by atoms with van der Waals surface area (Å²) >= 11 is 0. The Labute approximate surface area is 112 Å². The number of aliphatic hydroxyl groups excluding tert-OH is 2. The van der Waals surface area contributed by atoms with Crippen molar-refractivity contribution in [2.45, 2.75) is 12.2 Å². The van der Waals surface area contributed by atoms with Crippen LogP contribution >= 0.6 is 0 Å². The Balaban J connectivity index is 2.19. The molecule has 19 heavy (non-hydrogen) atoms. The summed E-state index contributed by atoms with van der Waals surface area (Å²) in [4.78, 5) is 15.5. The van der Waals surface area contributed by atoms with Gasteiger partial charge in [-0.05, 0) is 18.2 Å². The lowest BCUT2D eigenvalue weighted by molar-refractivity contribution is 0.0572. The highest BCUT2D eigenvalue weighted by Crippen LogP contribution is 2.24. The van der Waals surface area contributed by atoms with E-state index in [9.17, 15) is 15.0 Å². The van der Waals surface area contributed by atoms with E-state index >= 15 is 0 Å². The van der Waals surface area contributed by atoms with Gasteiger partial charge in [-0.2, -0.15) is 0 Å². The van der Waals surface area contributed by atoms with Gasteiger partial charge in [-0.3, -0.25) is 4.79 Å². The molecule has 4 N–H and O–H groups in total. The van der Waals surface area contributed by atoms with Gasteiger partial charge in [0.15, 0.2) is 0 Å². The summed E-state index contributed by atoms with van der Waals surface area (Å²) in [5, 5.41) is 18.9. The summed E-state index contributed by atoms with van der Waals surface area (Å²) in [7, 11) is 3.75. The Morgan fingerprint density at radius 2 is 1.89 bits per heavy atom. The maximum absolute atomic E-state index is 12.2. The summed E-state index contributed by atoms with van der Waals surface area (Å²) in [5.41, 5.74) is 7.73. The van der Waals surface area contributed by atoms with Gasteiger partial charge < -0.3 is 25.7 Å². The van der Waals surface area contributed by atoms with Crippen molar-refractivity contribution in [3.05, 3.63) is 23.8 Å². The van der Waals surface area contributed by atoms with Crippen LogP contribution in [-0.4, -0.2) is 60.4 Å². The van der Waals surface area contributed by atoms with Gasteiger partial charge in [0.2, 0.25) is 0 Å². The molecule has 104 valence electrons. The van der Waals surface area contributed by atoms with E-state index in [1.807, 2.05) is 19.0 Å². The molecule has 1 saturated heterocycles. The number of hydrogen-bond acceptors (Lipinski definition) is 5. The monoisotopic (exact) mass is 265 g/mol. The lowest BCUT2D eigenvalue weighted by Gasteiger charge is -2.18. The van der Waals surface area contributed by atoms with Crippen LogP contribution < -0.4 is 10.6 Å². The van der Waals surface area contributed by atoms with E-state index in [0.717, 1.165) is 5.69 Å².